The molecule has 1 aromatic heterocycles. The smallest absolute Gasteiger partial charge is 0.352 e. The van der Waals surface area contributed by atoms with E-state index in [1.54, 1.807) is 13.3 Å². The number of piperidine rings is 1. The quantitative estimate of drug-likeness (QED) is 0.249. The average molecular weight is 559 g/mol. The van der Waals surface area contributed by atoms with Crippen molar-refractivity contribution in [1.29, 1.82) is 0 Å². The van der Waals surface area contributed by atoms with Crippen LogP contribution in [0.5, 0.6) is 0 Å². The van der Waals surface area contributed by atoms with E-state index in [-0.39, 0.29) is 6.04 Å². The predicted octanol–water partition coefficient (Wildman–Crippen LogP) is 6.52. The van der Waals surface area contributed by atoms with Crippen molar-refractivity contribution < 1.29 is 18.0 Å². The van der Waals surface area contributed by atoms with Gasteiger partial charge in [0.1, 0.15) is 0 Å². The van der Waals surface area contributed by atoms with E-state index in [0.29, 0.717) is 11.4 Å². The molecule has 1 aliphatic carbocycles. The Morgan fingerprint density at radius 3 is 2.41 bits per heavy atom. The third-order valence-electron chi connectivity index (χ3n) is 7.43. The molecule has 2 aromatic carbocycles. The summed E-state index contributed by atoms with van der Waals surface area (Å²) in [6.07, 6.45) is -0.990. The molecule has 0 spiro atoms. The van der Waals surface area contributed by atoms with Crippen LogP contribution in [0.25, 0.3) is 28.1 Å². The van der Waals surface area contributed by atoms with Crippen molar-refractivity contribution in [2.75, 3.05) is 25.5 Å². The number of nitrogens with zero attached hydrogens (tertiary/aromatic N) is 5. The molecule has 7 nitrogen and oxygen atoms in total. The zero-order valence-electron chi connectivity index (χ0n) is 22.7. The van der Waals surface area contributed by atoms with Gasteiger partial charge in [0, 0.05) is 25.0 Å². The third-order valence-corrected chi connectivity index (χ3v) is 7.43. The van der Waals surface area contributed by atoms with Gasteiger partial charge in [0.15, 0.2) is 0 Å². The van der Waals surface area contributed by atoms with Crippen LogP contribution >= 0.6 is 0 Å². The lowest BCUT2D eigenvalue weighted by molar-refractivity contribution is -0.143. The van der Waals surface area contributed by atoms with Crippen LogP contribution in [0.4, 0.5) is 24.5 Å². The summed E-state index contributed by atoms with van der Waals surface area (Å²) >= 11 is 0. The number of nitrogens with one attached hydrogen (secondary N) is 1. The minimum Gasteiger partial charge on any atom is -0.352 e. The Hall–Kier alpha value is -4.28. The van der Waals surface area contributed by atoms with Gasteiger partial charge in [-0.3, -0.25) is 9.98 Å². The summed E-state index contributed by atoms with van der Waals surface area (Å²) < 4.78 is 42.0. The molecule has 3 heterocycles. The van der Waals surface area contributed by atoms with Gasteiger partial charge in [-0.2, -0.15) is 18.2 Å². The molecular weight excluding hydrogens is 529 g/mol. The highest BCUT2D eigenvalue weighted by Gasteiger charge is 2.30. The third kappa shape index (κ3) is 5.53. The second-order valence-corrected chi connectivity index (χ2v) is 10.1. The number of hydrogen-bond acceptors (Lipinski definition) is 6. The molecule has 0 bridgehead atoms. The van der Waals surface area contributed by atoms with E-state index in [2.05, 4.69) is 10.3 Å². The molecule has 1 N–H and O–H groups in total. The molecule has 0 unspecified atom stereocenters. The summed E-state index contributed by atoms with van der Waals surface area (Å²) in [5.74, 6) is 0. The van der Waals surface area contributed by atoms with Crippen LogP contribution in [0.2, 0.25) is 0 Å². The number of pyridine rings is 1. The fourth-order valence-electron chi connectivity index (χ4n) is 5.24. The first kappa shape index (κ1) is 26.9. The average Bonchev–Trinajstić information content (AvgIpc) is 2.97. The minimum atomic E-state index is -4.42. The summed E-state index contributed by atoms with van der Waals surface area (Å²) in [5, 5.41) is 6.18. The molecule has 6 rings (SSSR count). The van der Waals surface area contributed by atoms with E-state index in [0.717, 1.165) is 77.2 Å². The lowest BCUT2D eigenvalue weighted by Crippen LogP contribution is -2.35. The Bertz CT molecular complexity index is 1720. The first-order valence-electron chi connectivity index (χ1n) is 13.4. The number of alkyl halides is 3. The number of para-hydroxylation sites is 2. The Labute approximate surface area is 235 Å². The number of hydroxylamine groups is 2. The maximum atomic E-state index is 13.4. The fourth-order valence-corrected chi connectivity index (χ4v) is 5.24. The number of fused-ring (bicyclic) bond motifs is 2. The number of aryl methyl sites for hydroxylation is 1. The fraction of sp³-hybridized carbons (Fsp3) is 0.258. The van der Waals surface area contributed by atoms with Gasteiger partial charge >= 0.3 is 6.18 Å². The molecule has 0 atom stereocenters. The van der Waals surface area contributed by atoms with Crippen molar-refractivity contribution in [1.82, 2.24) is 19.6 Å². The highest BCUT2D eigenvalue weighted by molar-refractivity contribution is 5.84. The van der Waals surface area contributed by atoms with Crippen molar-refractivity contribution in [2.45, 2.75) is 32.0 Å². The zero-order valence-corrected chi connectivity index (χ0v) is 22.7. The predicted molar refractivity (Wildman–Crippen MR) is 152 cm³/mol. The van der Waals surface area contributed by atoms with Crippen LogP contribution in [-0.2, 0) is 11.0 Å². The lowest BCUT2D eigenvalue weighted by atomic mass is 10.1. The number of aromatic nitrogens is 3. The summed E-state index contributed by atoms with van der Waals surface area (Å²) in [7, 11) is 1.68. The Kier molecular flexibility index (Phi) is 7.19. The number of rotatable bonds is 5. The first-order valence-corrected chi connectivity index (χ1v) is 13.4. The Balaban J connectivity index is 1.57. The summed E-state index contributed by atoms with van der Waals surface area (Å²) in [6.45, 7) is 3.49. The molecule has 0 amide bonds. The van der Waals surface area contributed by atoms with Crippen molar-refractivity contribution in [2.24, 2.45) is 4.99 Å². The number of anilines is 2. The van der Waals surface area contributed by atoms with E-state index >= 15 is 0 Å². The standard InChI is InChI=1S/C31H29F3N6O/c1-20-24(7-5-15-35-20)37-26-18-28-30(19-27(26)36-22-13-16-39(41-2)17-14-22)40(29-8-4-3-6-25(29)38-28)23-11-9-21(10-12-23)31(32,33)34/h3-12,15,18-19,22,37H,13-14,16-17H2,1-2H3. The van der Waals surface area contributed by atoms with Crippen molar-refractivity contribution in [3.8, 4) is 17.1 Å². The van der Waals surface area contributed by atoms with Crippen LogP contribution in [0.1, 0.15) is 24.1 Å². The molecule has 0 radical (unpaired) electrons. The number of benzene rings is 3. The molecule has 1 saturated heterocycles. The SMILES string of the molecule is CON1CCC(N=c2cc3n(-c4ccc(C(F)(F)F)cc4)c4ccccc4nc-3cc2Nc2cccnc2C)CC1. The van der Waals surface area contributed by atoms with Gasteiger partial charge < -0.3 is 14.7 Å². The topological polar surface area (TPSA) is 67.6 Å². The molecule has 10 heteroatoms. The van der Waals surface area contributed by atoms with Gasteiger partial charge in [0.05, 0.1) is 63.6 Å². The van der Waals surface area contributed by atoms with Gasteiger partial charge in [-0.15, -0.1) is 0 Å². The summed E-state index contributed by atoms with van der Waals surface area (Å²) in [5.41, 5.74) is 5.32. The Morgan fingerprint density at radius 1 is 0.951 bits per heavy atom. The molecule has 2 aliphatic heterocycles. The summed E-state index contributed by atoms with van der Waals surface area (Å²) in [4.78, 5) is 19.9. The van der Waals surface area contributed by atoms with E-state index in [1.165, 1.54) is 12.1 Å². The van der Waals surface area contributed by atoms with Gasteiger partial charge in [0.2, 0.25) is 0 Å². The van der Waals surface area contributed by atoms with E-state index in [4.69, 9.17) is 14.8 Å². The first-order chi connectivity index (χ1) is 19.8. The molecule has 1 fully saturated rings. The van der Waals surface area contributed by atoms with Crippen molar-refractivity contribution in [3.63, 3.8) is 0 Å². The van der Waals surface area contributed by atoms with Crippen LogP contribution in [0.3, 0.4) is 0 Å². The van der Waals surface area contributed by atoms with Gasteiger partial charge in [-0.1, -0.05) is 12.1 Å². The van der Waals surface area contributed by atoms with Crippen LogP contribution in [-0.4, -0.2) is 45.8 Å². The second-order valence-electron chi connectivity index (χ2n) is 10.1. The molecule has 41 heavy (non-hydrogen) atoms. The molecular formula is C31H29F3N6O. The lowest BCUT2D eigenvalue weighted by Gasteiger charge is -2.28. The maximum absolute atomic E-state index is 13.4. The zero-order chi connectivity index (χ0) is 28.6. The summed E-state index contributed by atoms with van der Waals surface area (Å²) in [6, 6.07) is 20.7. The molecule has 3 aromatic rings. The number of halogens is 3. The Morgan fingerprint density at radius 2 is 1.71 bits per heavy atom. The molecule has 3 aliphatic rings. The maximum Gasteiger partial charge on any atom is 0.416 e. The monoisotopic (exact) mass is 558 g/mol. The van der Waals surface area contributed by atoms with Gasteiger partial charge in [-0.25, -0.2) is 4.98 Å². The van der Waals surface area contributed by atoms with Crippen LogP contribution in [0, 0.1) is 6.92 Å². The van der Waals surface area contributed by atoms with Gasteiger partial charge in [0.25, 0.3) is 0 Å². The second kappa shape index (κ2) is 10.9. The van der Waals surface area contributed by atoms with Crippen LogP contribution in [0.15, 0.2) is 84.0 Å². The minimum absolute atomic E-state index is 0.0855. The molecule has 210 valence electrons. The normalized spacial score (nSPS) is 15.6. The van der Waals surface area contributed by atoms with Crippen molar-refractivity contribution in [3.05, 3.63) is 95.6 Å². The van der Waals surface area contributed by atoms with E-state index in [9.17, 15) is 13.2 Å². The van der Waals surface area contributed by atoms with E-state index < -0.39 is 11.7 Å². The van der Waals surface area contributed by atoms with Gasteiger partial charge in [-0.05, 0) is 80.4 Å². The highest BCUT2D eigenvalue weighted by atomic mass is 19.4. The van der Waals surface area contributed by atoms with Crippen molar-refractivity contribution >= 4 is 22.4 Å². The van der Waals surface area contributed by atoms with Crippen LogP contribution < -0.4 is 10.7 Å². The number of hydrogen-bond donors (Lipinski definition) is 1. The largest absolute Gasteiger partial charge is 0.416 e. The highest BCUT2D eigenvalue weighted by Crippen LogP contribution is 2.33. The molecule has 0 saturated carbocycles. The van der Waals surface area contributed by atoms with E-state index in [1.807, 2.05) is 65.1 Å².